The van der Waals surface area contributed by atoms with Crippen molar-refractivity contribution in [2.45, 2.75) is 187 Å². The quantitative estimate of drug-likeness (QED) is 0.0433. The summed E-state index contributed by atoms with van der Waals surface area (Å²) >= 11 is 0. The van der Waals surface area contributed by atoms with Gasteiger partial charge in [-0.25, -0.2) is 4.79 Å². The number of aliphatic carboxylic acids is 1. The van der Waals surface area contributed by atoms with Crippen LogP contribution in [-0.4, -0.2) is 147 Å². The molecule has 2 aromatic carbocycles. The van der Waals surface area contributed by atoms with Gasteiger partial charge in [0.05, 0.1) is 12.5 Å². The summed E-state index contributed by atoms with van der Waals surface area (Å²) in [7, 11) is 0. The number of nitrogens with two attached hydrogens (primary N) is 3. The van der Waals surface area contributed by atoms with Gasteiger partial charge >= 0.3 is 5.97 Å². The van der Waals surface area contributed by atoms with E-state index in [0.717, 1.165) is 0 Å². The number of unbranched alkanes of at least 4 members (excludes halogenated alkanes) is 1. The van der Waals surface area contributed by atoms with Crippen LogP contribution in [0.3, 0.4) is 0 Å². The zero-order valence-corrected chi connectivity index (χ0v) is 48.1. The van der Waals surface area contributed by atoms with E-state index in [1.807, 2.05) is 41.5 Å². The molecule has 3 rings (SSSR count). The third kappa shape index (κ3) is 23.0. The second-order valence-electron chi connectivity index (χ2n) is 22.5. The lowest BCUT2D eigenvalue weighted by atomic mass is 9.95. The fourth-order valence-electron chi connectivity index (χ4n) is 9.40. The molecule has 24 nitrogen and oxygen atoms in total. The zero-order valence-electron chi connectivity index (χ0n) is 48.1. The number of likely N-dealkylation sites (tertiary alicyclic amines) is 1. The summed E-state index contributed by atoms with van der Waals surface area (Å²) in [5, 5.41) is 49.1. The molecule has 24 heteroatoms. The highest BCUT2D eigenvalue weighted by Gasteiger charge is 2.41. The molecule has 0 bridgehead atoms. The molecule has 0 radical (unpaired) electrons. The van der Waals surface area contributed by atoms with Crippen LogP contribution >= 0.6 is 0 Å². The van der Waals surface area contributed by atoms with Crippen molar-refractivity contribution in [3.05, 3.63) is 59.7 Å². The zero-order chi connectivity index (χ0) is 60.7. The standard InChI is InChI=1S/C57H89N11O13/c1-9-34(8)48(55(78)64-41(25-31(2)3)51(74)66-45(57(80)81)27-33(6)7)67-53(76)43(29-36-17-21-38(70)22-18-36)63-52(75)42(28-35-15-19-37(69)20-16-35)62-50(73)40(13-10-11-23-58)61-54(77)46-14-12-24-68(46)56(79)44(26-32(4)5)65-49(72)39(59)30-47(60)71/h15-22,31-34,39-46,48,69-70H,9-14,23-30,58-59H2,1-8H3,(H2,60,71)(H,61,77)(H,62,73)(H,63,75)(H,64,78)(H,65,72)(H,66,74)(H,67,76)(H,80,81)/t34-,39-,40-,41-,42-,43-,44-,45-,46-,48-/m0/s1. The molecule has 1 aliphatic heterocycles. The first-order valence-corrected chi connectivity index (χ1v) is 28.1. The molecular weight excluding hydrogens is 1050 g/mol. The Bertz CT molecular complexity index is 2440. The van der Waals surface area contributed by atoms with Crippen LogP contribution in [0.4, 0.5) is 0 Å². The van der Waals surface area contributed by atoms with Crippen molar-refractivity contribution >= 4 is 59.1 Å². The van der Waals surface area contributed by atoms with Gasteiger partial charge < -0.3 is 74.6 Å². The van der Waals surface area contributed by atoms with Crippen molar-refractivity contribution in [2.24, 2.45) is 40.9 Å². The fourth-order valence-corrected chi connectivity index (χ4v) is 9.40. The molecule has 0 unspecified atom stereocenters. The van der Waals surface area contributed by atoms with Gasteiger partial charge in [-0.3, -0.25) is 43.2 Å². The van der Waals surface area contributed by atoms with E-state index in [1.54, 1.807) is 13.8 Å². The molecule has 0 aromatic heterocycles. The van der Waals surface area contributed by atoms with Crippen molar-refractivity contribution in [2.75, 3.05) is 13.1 Å². The summed E-state index contributed by atoms with van der Waals surface area (Å²) in [6.07, 6.45) is 1.48. The van der Waals surface area contributed by atoms with Crippen LogP contribution in [0.2, 0.25) is 0 Å². The van der Waals surface area contributed by atoms with Crippen LogP contribution in [0.25, 0.3) is 0 Å². The van der Waals surface area contributed by atoms with Gasteiger partial charge in [0, 0.05) is 19.4 Å². The van der Waals surface area contributed by atoms with Gasteiger partial charge in [-0.15, -0.1) is 0 Å². The molecule has 0 spiro atoms. The lowest BCUT2D eigenvalue weighted by molar-refractivity contribution is -0.143. The number of aromatic hydroxyl groups is 2. The predicted molar refractivity (Wildman–Crippen MR) is 302 cm³/mol. The number of carboxylic acids is 1. The summed E-state index contributed by atoms with van der Waals surface area (Å²) in [5.74, 6) is -8.99. The number of nitrogens with one attached hydrogen (secondary N) is 7. The summed E-state index contributed by atoms with van der Waals surface area (Å²) in [5.41, 5.74) is 17.9. The number of amides is 9. The number of carboxylic acid groups (broad SMARTS) is 1. The number of primary amides is 1. The van der Waals surface area contributed by atoms with Crippen molar-refractivity contribution in [1.82, 2.24) is 42.1 Å². The fraction of sp³-hybridized carbons (Fsp3) is 0.614. The minimum Gasteiger partial charge on any atom is -0.508 e. The maximum Gasteiger partial charge on any atom is 0.326 e. The molecule has 450 valence electrons. The number of carbonyl (C=O) groups is 10. The Balaban J connectivity index is 2.01. The van der Waals surface area contributed by atoms with Gasteiger partial charge in [-0.05, 0) is 117 Å². The van der Waals surface area contributed by atoms with E-state index >= 15 is 0 Å². The van der Waals surface area contributed by atoms with Gasteiger partial charge in [0.25, 0.3) is 0 Å². The highest BCUT2D eigenvalue weighted by molar-refractivity contribution is 5.98. The maximum absolute atomic E-state index is 14.8. The second kappa shape index (κ2) is 33.4. The summed E-state index contributed by atoms with van der Waals surface area (Å²) in [4.78, 5) is 138. The van der Waals surface area contributed by atoms with Crippen LogP contribution < -0.4 is 54.4 Å². The Hall–Kier alpha value is -7.34. The number of benzene rings is 2. The first kappa shape index (κ1) is 67.9. The Morgan fingerprint density at radius 2 is 1.02 bits per heavy atom. The van der Waals surface area contributed by atoms with E-state index in [-0.39, 0.29) is 87.3 Å². The predicted octanol–water partition coefficient (Wildman–Crippen LogP) is 0.868. The second-order valence-corrected chi connectivity index (χ2v) is 22.5. The first-order valence-electron chi connectivity index (χ1n) is 28.1. The number of hydrogen-bond donors (Lipinski definition) is 13. The maximum atomic E-state index is 14.8. The number of carbonyl (C=O) groups excluding carboxylic acids is 9. The van der Waals surface area contributed by atoms with E-state index in [4.69, 9.17) is 17.2 Å². The Labute approximate surface area is 475 Å². The largest absolute Gasteiger partial charge is 0.508 e. The van der Waals surface area contributed by atoms with Gasteiger partial charge in [0.1, 0.15) is 59.8 Å². The summed E-state index contributed by atoms with van der Waals surface area (Å²) < 4.78 is 0. The topological polar surface area (TPSA) is 397 Å². The number of rotatable bonds is 34. The SMILES string of the molecule is CC[C@H](C)[C@H](NC(=O)[C@H](Cc1ccc(O)cc1)NC(=O)[C@H](Cc1ccc(O)cc1)NC(=O)[C@H](CCCCN)NC(=O)[C@@H]1CCCN1C(=O)[C@H](CC(C)C)NC(=O)[C@@H](N)CC(N)=O)C(=O)N[C@@H](CC(C)C)C(=O)N[C@@H](CC(C)C)C(=O)O. The third-order valence-electron chi connectivity index (χ3n) is 14.0. The lowest BCUT2D eigenvalue weighted by Crippen LogP contribution is -2.61. The van der Waals surface area contributed by atoms with Gasteiger partial charge in [0.15, 0.2) is 0 Å². The van der Waals surface area contributed by atoms with Gasteiger partial charge in [-0.1, -0.05) is 86.1 Å². The van der Waals surface area contributed by atoms with E-state index in [2.05, 4.69) is 37.2 Å². The average Bonchev–Trinajstić information content (AvgIpc) is 3.97. The molecule has 1 saturated heterocycles. The highest BCUT2D eigenvalue weighted by Crippen LogP contribution is 2.22. The average molecular weight is 1140 g/mol. The van der Waals surface area contributed by atoms with Crippen molar-refractivity contribution in [3.8, 4) is 11.5 Å². The molecule has 0 aliphatic carbocycles. The van der Waals surface area contributed by atoms with Crippen LogP contribution in [0.15, 0.2) is 48.5 Å². The Morgan fingerprint density at radius 3 is 1.51 bits per heavy atom. The summed E-state index contributed by atoms with van der Waals surface area (Å²) in [6, 6.07) is 0.312. The van der Waals surface area contributed by atoms with Gasteiger partial charge in [0.2, 0.25) is 53.2 Å². The van der Waals surface area contributed by atoms with Crippen LogP contribution in [0, 0.1) is 23.7 Å². The monoisotopic (exact) mass is 1140 g/mol. The molecule has 10 atom stereocenters. The summed E-state index contributed by atoms with van der Waals surface area (Å²) in [6.45, 7) is 14.9. The number of nitrogens with zero attached hydrogens (tertiary/aromatic N) is 1. The van der Waals surface area contributed by atoms with Crippen LogP contribution in [0.1, 0.15) is 131 Å². The molecule has 1 heterocycles. The molecule has 1 aliphatic rings. The smallest absolute Gasteiger partial charge is 0.326 e. The van der Waals surface area contributed by atoms with Crippen molar-refractivity contribution in [3.63, 3.8) is 0 Å². The first-order chi connectivity index (χ1) is 38.1. The molecule has 0 saturated carbocycles. The third-order valence-corrected chi connectivity index (χ3v) is 14.0. The normalized spacial score (nSPS) is 16.6. The number of hydrogen-bond acceptors (Lipinski definition) is 14. The Morgan fingerprint density at radius 1 is 0.580 bits per heavy atom. The van der Waals surface area contributed by atoms with E-state index in [9.17, 15) is 63.3 Å². The molecule has 1 fully saturated rings. The minimum absolute atomic E-state index is 0.0511. The molecule has 81 heavy (non-hydrogen) atoms. The molecule has 2 aromatic rings. The van der Waals surface area contributed by atoms with E-state index < -0.39 is 126 Å². The number of phenolic OH excluding ortho intramolecular Hbond substituents is 2. The Kier molecular flexibility index (Phi) is 28.0. The van der Waals surface area contributed by atoms with Gasteiger partial charge in [-0.2, -0.15) is 0 Å². The lowest BCUT2D eigenvalue weighted by Gasteiger charge is -2.31. The minimum atomic E-state index is -1.45. The van der Waals surface area contributed by atoms with Crippen molar-refractivity contribution in [1.29, 1.82) is 0 Å². The highest BCUT2D eigenvalue weighted by atomic mass is 16.4. The van der Waals surface area contributed by atoms with Crippen LogP contribution in [-0.2, 0) is 60.8 Å². The molecule has 9 amide bonds. The molecular formula is C57H89N11O13. The van der Waals surface area contributed by atoms with E-state index in [0.29, 0.717) is 36.8 Å². The number of phenols is 2. The molecule has 16 N–H and O–H groups in total. The van der Waals surface area contributed by atoms with Crippen LogP contribution in [0.5, 0.6) is 11.5 Å². The van der Waals surface area contributed by atoms with E-state index in [1.165, 1.54) is 53.4 Å². The van der Waals surface area contributed by atoms with Crippen molar-refractivity contribution < 1.29 is 63.3 Å².